The summed E-state index contributed by atoms with van der Waals surface area (Å²) in [5, 5.41) is 8.21. The first-order valence-corrected chi connectivity index (χ1v) is 7.01. The van der Waals surface area contributed by atoms with Gasteiger partial charge in [0.15, 0.2) is 0 Å². The van der Waals surface area contributed by atoms with Crippen LogP contribution in [0.15, 0.2) is 29.2 Å². The van der Waals surface area contributed by atoms with Crippen molar-refractivity contribution in [1.82, 2.24) is 4.90 Å². The number of nitrogens with one attached hydrogen (secondary N) is 1. The van der Waals surface area contributed by atoms with Gasteiger partial charge in [0.05, 0.1) is 0 Å². The Balaban J connectivity index is 2.12. The molecular weight excluding hydrogens is 216 g/mol. The van der Waals surface area contributed by atoms with E-state index >= 15 is 0 Å². The summed E-state index contributed by atoms with van der Waals surface area (Å²) in [5.74, 6) is 0.690. The molecule has 1 N–H and O–H groups in total. The maximum absolute atomic E-state index is 8.21. The highest BCUT2D eigenvalue weighted by Gasteiger charge is 2.14. The van der Waals surface area contributed by atoms with Crippen LogP contribution in [0.1, 0.15) is 24.8 Å². The van der Waals surface area contributed by atoms with Crippen molar-refractivity contribution in [2.75, 3.05) is 19.3 Å². The first kappa shape index (κ1) is 11.5. The maximum Gasteiger partial charge on any atom is 0.128 e. The molecule has 1 heterocycles. The molecule has 1 aliphatic rings. The van der Waals surface area contributed by atoms with Crippen LogP contribution in [0.2, 0.25) is 0 Å². The third-order valence-electron chi connectivity index (χ3n) is 3.02. The Hall–Kier alpha value is -0.960. The zero-order valence-corrected chi connectivity index (χ0v) is 10.5. The van der Waals surface area contributed by atoms with E-state index in [4.69, 9.17) is 5.41 Å². The summed E-state index contributed by atoms with van der Waals surface area (Å²) in [6.45, 7) is 2.09. The van der Waals surface area contributed by atoms with Crippen molar-refractivity contribution in [3.8, 4) is 0 Å². The van der Waals surface area contributed by atoms with E-state index in [2.05, 4.69) is 23.3 Å². The van der Waals surface area contributed by atoms with Crippen LogP contribution in [0.3, 0.4) is 0 Å². The summed E-state index contributed by atoms with van der Waals surface area (Å²) in [6, 6.07) is 8.29. The van der Waals surface area contributed by atoms with Crippen LogP contribution < -0.4 is 0 Å². The summed E-state index contributed by atoms with van der Waals surface area (Å²) in [6.07, 6.45) is 5.84. The fourth-order valence-corrected chi connectivity index (χ4v) is 2.53. The van der Waals surface area contributed by atoms with E-state index in [1.807, 2.05) is 12.1 Å². The lowest BCUT2D eigenvalue weighted by Crippen LogP contribution is -2.35. The van der Waals surface area contributed by atoms with Crippen LogP contribution in [0.4, 0.5) is 0 Å². The first-order chi connectivity index (χ1) is 7.81. The van der Waals surface area contributed by atoms with Gasteiger partial charge in [-0.2, -0.15) is 0 Å². The second kappa shape index (κ2) is 5.39. The molecule has 1 aromatic rings. The highest BCUT2D eigenvalue weighted by atomic mass is 32.2. The monoisotopic (exact) mass is 234 g/mol. The molecule has 1 aliphatic heterocycles. The zero-order chi connectivity index (χ0) is 11.4. The summed E-state index contributed by atoms with van der Waals surface area (Å²) in [5.41, 5.74) is 1.05. The van der Waals surface area contributed by atoms with E-state index in [-0.39, 0.29) is 0 Å². The van der Waals surface area contributed by atoms with Gasteiger partial charge in [-0.25, -0.2) is 0 Å². The van der Waals surface area contributed by atoms with Gasteiger partial charge in [-0.05, 0) is 37.7 Å². The second-order valence-electron chi connectivity index (χ2n) is 4.13. The van der Waals surface area contributed by atoms with E-state index in [1.165, 1.54) is 24.2 Å². The Bertz CT molecular complexity index is 370. The first-order valence-electron chi connectivity index (χ1n) is 5.79. The number of nitrogens with zero attached hydrogens (tertiary/aromatic N) is 1. The minimum atomic E-state index is 0.690. The van der Waals surface area contributed by atoms with Gasteiger partial charge < -0.3 is 4.90 Å². The van der Waals surface area contributed by atoms with Gasteiger partial charge in [0.1, 0.15) is 5.84 Å². The lowest BCUT2D eigenvalue weighted by atomic mass is 10.1. The molecule has 0 saturated carbocycles. The lowest BCUT2D eigenvalue weighted by Gasteiger charge is -2.29. The molecule has 0 unspecified atom stereocenters. The second-order valence-corrected chi connectivity index (χ2v) is 5.01. The number of amidine groups is 1. The Morgan fingerprint density at radius 2 is 2.00 bits per heavy atom. The highest BCUT2D eigenvalue weighted by molar-refractivity contribution is 7.98. The molecule has 1 saturated heterocycles. The van der Waals surface area contributed by atoms with Crippen molar-refractivity contribution in [2.45, 2.75) is 24.2 Å². The summed E-state index contributed by atoms with van der Waals surface area (Å²) in [7, 11) is 0. The maximum atomic E-state index is 8.21. The van der Waals surface area contributed by atoms with Crippen molar-refractivity contribution in [3.05, 3.63) is 29.8 Å². The Morgan fingerprint density at radius 1 is 1.25 bits per heavy atom. The number of likely N-dealkylation sites (tertiary alicyclic amines) is 1. The molecule has 1 fully saturated rings. The number of benzene rings is 1. The number of piperidine rings is 1. The average Bonchev–Trinajstić information content (AvgIpc) is 2.39. The Kier molecular flexibility index (Phi) is 3.88. The van der Waals surface area contributed by atoms with Gasteiger partial charge in [0.25, 0.3) is 0 Å². The molecule has 0 amide bonds. The standard InChI is InChI=1S/C13H18N2S/c1-16-12-7-5-6-11(10-12)13(14)15-8-3-2-4-9-15/h5-7,10,14H,2-4,8-9H2,1H3. The van der Waals surface area contributed by atoms with Gasteiger partial charge in [-0.15, -0.1) is 11.8 Å². The molecular formula is C13H18N2S. The lowest BCUT2D eigenvalue weighted by molar-refractivity contribution is 0.341. The molecule has 0 atom stereocenters. The molecule has 16 heavy (non-hydrogen) atoms. The molecule has 0 bridgehead atoms. The molecule has 2 nitrogen and oxygen atoms in total. The van der Waals surface area contributed by atoms with Gasteiger partial charge in [-0.1, -0.05) is 12.1 Å². The SMILES string of the molecule is CSc1cccc(C(=N)N2CCCCC2)c1. The molecule has 0 aromatic heterocycles. The van der Waals surface area contributed by atoms with Crippen molar-refractivity contribution < 1.29 is 0 Å². The van der Waals surface area contributed by atoms with E-state index in [9.17, 15) is 0 Å². The minimum absolute atomic E-state index is 0.690. The fourth-order valence-electron chi connectivity index (χ4n) is 2.07. The zero-order valence-electron chi connectivity index (χ0n) is 9.70. The summed E-state index contributed by atoms with van der Waals surface area (Å²) >= 11 is 1.73. The van der Waals surface area contributed by atoms with Crippen LogP contribution in [-0.2, 0) is 0 Å². The van der Waals surface area contributed by atoms with Gasteiger partial charge in [0.2, 0.25) is 0 Å². The van der Waals surface area contributed by atoms with E-state index in [1.54, 1.807) is 11.8 Å². The largest absolute Gasteiger partial charge is 0.357 e. The third kappa shape index (κ3) is 2.59. The normalized spacial score (nSPS) is 16.2. The average molecular weight is 234 g/mol. The fraction of sp³-hybridized carbons (Fsp3) is 0.462. The van der Waals surface area contributed by atoms with Gasteiger partial charge in [-0.3, -0.25) is 5.41 Å². The Labute approximate surface area is 102 Å². The van der Waals surface area contributed by atoms with Crippen molar-refractivity contribution in [2.24, 2.45) is 0 Å². The smallest absolute Gasteiger partial charge is 0.128 e. The van der Waals surface area contributed by atoms with Gasteiger partial charge in [0, 0.05) is 23.5 Å². The van der Waals surface area contributed by atoms with Crippen LogP contribution >= 0.6 is 11.8 Å². The number of rotatable bonds is 2. The third-order valence-corrected chi connectivity index (χ3v) is 3.74. The Morgan fingerprint density at radius 3 is 2.69 bits per heavy atom. The molecule has 1 aromatic carbocycles. The van der Waals surface area contributed by atoms with Gasteiger partial charge >= 0.3 is 0 Å². The van der Waals surface area contributed by atoms with Crippen LogP contribution in [-0.4, -0.2) is 30.1 Å². The van der Waals surface area contributed by atoms with Crippen molar-refractivity contribution in [3.63, 3.8) is 0 Å². The van der Waals surface area contributed by atoms with E-state index in [0.717, 1.165) is 18.7 Å². The number of hydrogen-bond acceptors (Lipinski definition) is 2. The molecule has 0 aliphatic carbocycles. The van der Waals surface area contributed by atoms with Crippen LogP contribution in [0, 0.1) is 5.41 Å². The molecule has 0 radical (unpaired) electrons. The van der Waals surface area contributed by atoms with Crippen molar-refractivity contribution in [1.29, 1.82) is 5.41 Å². The van der Waals surface area contributed by atoms with Crippen LogP contribution in [0.25, 0.3) is 0 Å². The molecule has 86 valence electrons. The van der Waals surface area contributed by atoms with Crippen LogP contribution in [0.5, 0.6) is 0 Å². The van der Waals surface area contributed by atoms with E-state index < -0.39 is 0 Å². The molecule has 0 spiro atoms. The summed E-state index contributed by atoms with van der Waals surface area (Å²) in [4.78, 5) is 3.43. The molecule has 3 heteroatoms. The van der Waals surface area contributed by atoms with Crippen molar-refractivity contribution >= 4 is 17.6 Å². The highest BCUT2D eigenvalue weighted by Crippen LogP contribution is 2.18. The van der Waals surface area contributed by atoms with E-state index in [0.29, 0.717) is 5.84 Å². The minimum Gasteiger partial charge on any atom is -0.357 e. The topological polar surface area (TPSA) is 27.1 Å². The summed E-state index contributed by atoms with van der Waals surface area (Å²) < 4.78 is 0. The number of hydrogen-bond donors (Lipinski definition) is 1. The molecule has 2 rings (SSSR count). The predicted molar refractivity (Wildman–Crippen MR) is 70.5 cm³/mol. The quantitative estimate of drug-likeness (QED) is 0.483. The number of thioether (sulfide) groups is 1. The predicted octanol–water partition coefficient (Wildman–Crippen LogP) is 3.22.